The summed E-state index contributed by atoms with van der Waals surface area (Å²) in [6, 6.07) is 8.91. The lowest BCUT2D eigenvalue weighted by atomic mass is 10.1. The number of hydrogen-bond donors (Lipinski definition) is 1. The lowest BCUT2D eigenvalue weighted by Gasteiger charge is -2.13. The van der Waals surface area contributed by atoms with Gasteiger partial charge in [-0.1, -0.05) is 12.1 Å². The molecule has 0 amide bonds. The van der Waals surface area contributed by atoms with Crippen LogP contribution in [0.1, 0.15) is 23.4 Å². The average Bonchev–Trinajstić information content (AvgIpc) is 2.66. The molecule has 0 saturated heterocycles. The second kappa shape index (κ2) is 6.28. The number of hydrogen-bond acceptors (Lipinski definition) is 2. The van der Waals surface area contributed by atoms with Crippen LogP contribution in [0.25, 0.3) is 0 Å². The quantitative estimate of drug-likeness (QED) is 0.747. The molecule has 1 aromatic heterocycles. The van der Waals surface area contributed by atoms with Crippen LogP contribution in [0.4, 0.5) is 4.39 Å². The molecule has 0 aliphatic rings. The summed E-state index contributed by atoms with van der Waals surface area (Å²) in [4.78, 5) is 1.23. The predicted octanol–water partition coefficient (Wildman–Crippen LogP) is 5.26. The Balaban J connectivity index is 1.98. The van der Waals surface area contributed by atoms with Crippen LogP contribution in [0.2, 0.25) is 0 Å². The molecule has 0 bridgehead atoms. The molecular weight excluding hydrogens is 381 g/mol. The molecule has 1 nitrogen and oxygen atoms in total. The van der Waals surface area contributed by atoms with Gasteiger partial charge in [-0.3, -0.25) is 0 Å². The molecule has 0 radical (unpaired) electrons. The Labute approximate surface area is 127 Å². The van der Waals surface area contributed by atoms with E-state index in [1.54, 1.807) is 23.5 Å². The third-order valence-corrected chi connectivity index (χ3v) is 5.88. The first-order valence-corrected chi connectivity index (χ1v) is 7.89. The third-order valence-electron chi connectivity index (χ3n) is 2.63. The molecule has 5 heteroatoms. The van der Waals surface area contributed by atoms with Crippen molar-refractivity contribution in [2.24, 2.45) is 0 Å². The van der Waals surface area contributed by atoms with Crippen LogP contribution < -0.4 is 5.32 Å². The molecule has 96 valence electrons. The zero-order valence-corrected chi connectivity index (χ0v) is 13.7. The summed E-state index contributed by atoms with van der Waals surface area (Å²) in [5.74, 6) is -0.192. The van der Waals surface area contributed by atoms with Crippen molar-refractivity contribution in [3.63, 3.8) is 0 Å². The molecular formula is C13H12Br2FNS. The fraction of sp³-hybridized carbons (Fsp3) is 0.231. The van der Waals surface area contributed by atoms with Crippen molar-refractivity contribution < 1.29 is 4.39 Å². The molecule has 0 aliphatic heterocycles. The number of nitrogens with one attached hydrogen (secondary N) is 1. The Morgan fingerprint density at radius 2 is 2.11 bits per heavy atom. The number of rotatable bonds is 4. The zero-order valence-electron chi connectivity index (χ0n) is 9.71. The van der Waals surface area contributed by atoms with Gasteiger partial charge >= 0.3 is 0 Å². The van der Waals surface area contributed by atoms with Gasteiger partial charge in [0.2, 0.25) is 0 Å². The van der Waals surface area contributed by atoms with Crippen molar-refractivity contribution in [1.82, 2.24) is 5.32 Å². The molecule has 0 fully saturated rings. The van der Waals surface area contributed by atoms with E-state index in [1.807, 2.05) is 13.0 Å². The standard InChI is InChI=1S/C13H12Br2FNS/c1-8(9-3-2-4-10(16)5-9)17-7-11-6-12(14)13(15)18-11/h2-6,8,17H,7H2,1H3/t8-/m0/s1. The van der Waals surface area contributed by atoms with Crippen LogP contribution >= 0.6 is 43.2 Å². The Kier molecular flexibility index (Phi) is 4.95. The molecule has 1 atom stereocenters. The number of benzene rings is 1. The first kappa shape index (κ1) is 14.2. The van der Waals surface area contributed by atoms with E-state index in [1.165, 1.54) is 10.9 Å². The fourth-order valence-corrected chi connectivity index (χ4v) is 3.75. The molecule has 0 aliphatic carbocycles. The molecule has 1 N–H and O–H groups in total. The van der Waals surface area contributed by atoms with Gasteiger partial charge in [-0.2, -0.15) is 0 Å². The van der Waals surface area contributed by atoms with E-state index in [0.29, 0.717) is 0 Å². The van der Waals surface area contributed by atoms with E-state index in [0.717, 1.165) is 20.4 Å². The summed E-state index contributed by atoms with van der Waals surface area (Å²) in [6.45, 7) is 2.80. The van der Waals surface area contributed by atoms with Crippen molar-refractivity contribution >= 4 is 43.2 Å². The van der Waals surface area contributed by atoms with Gasteiger partial charge < -0.3 is 5.32 Å². The molecule has 0 saturated carbocycles. The average molecular weight is 393 g/mol. The monoisotopic (exact) mass is 391 g/mol. The SMILES string of the molecule is C[C@H](NCc1cc(Br)c(Br)s1)c1cccc(F)c1. The summed E-state index contributed by atoms with van der Waals surface area (Å²) >= 11 is 8.62. The van der Waals surface area contributed by atoms with E-state index >= 15 is 0 Å². The largest absolute Gasteiger partial charge is 0.305 e. The van der Waals surface area contributed by atoms with Gasteiger partial charge in [-0.05, 0) is 62.5 Å². The summed E-state index contributed by atoms with van der Waals surface area (Å²) in [7, 11) is 0. The molecule has 1 heterocycles. The topological polar surface area (TPSA) is 12.0 Å². The van der Waals surface area contributed by atoms with Crippen LogP contribution in [0.15, 0.2) is 38.6 Å². The highest BCUT2D eigenvalue weighted by Gasteiger charge is 2.08. The molecule has 1 aromatic carbocycles. The Morgan fingerprint density at radius 1 is 1.33 bits per heavy atom. The third kappa shape index (κ3) is 3.63. The van der Waals surface area contributed by atoms with E-state index < -0.39 is 0 Å². The Hall–Kier alpha value is -0.230. The first-order valence-electron chi connectivity index (χ1n) is 5.49. The van der Waals surface area contributed by atoms with E-state index in [-0.39, 0.29) is 11.9 Å². The van der Waals surface area contributed by atoms with E-state index in [2.05, 4.69) is 43.2 Å². The molecule has 0 spiro atoms. The number of thiophene rings is 1. The van der Waals surface area contributed by atoms with Gasteiger partial charge in [0.15, 0.2) is 0 Å². The summed E-state index contributed by atoms with van der Waals surface area (Å²) in [5.41, 5.74) is 0.963. The summed E-state index contributed by atoms with van der Waals surface area (Å²) in [6.07, 6.45) is 0. The second-order valence-electron chi connectivity index (χ2n) is 3.99. The second-order valence-corrected chi connectivity index (χ2v) is 7.30. The summed E-state index contributed by atoms with van der Waals surface area (Å²) < 4.78 is 15.3. The highest BCUT2D eigenvalue weighted by Crippen LogP contribution is 2.32. The van der Waals surface area contributed by atoms with E-state index in [9.17, 15) is 4.39 Å². The predicted molar refractivity (Wildman–Crippen MR) is 81.4 cm³/mol. The minimum absolute atomic E-state index is 0.125. The minimum Gasteiger partial charge on any atom is -0.305 e. The van der Waals surface area contributed by atoms with Crippen LogP contribution in [-0.2, 0) is 6.54 Å². The Bertz CT molecular complexity index is 522. The molecule has 0 unspecified atom stereocenters. The molecule has 2 aromatic rings. The van der Waals surface area contributed by atoms with Crippen LogP contribution in [0.3, 0.4) is 0 Å². The van der Waals surface area contributed by atoms with Gasteiger partial charge in [0.1, 0.15) is 5.82 Å². The van der Waals surface area contributed by atoms with Gasteiger partial charge in [-0.25, -0.2) is 4.39 Å². The van der Waals surface area contributed by atoms with Crippen molar-refractivity contribution in [1.29, 1.82) is 0 Å². The molecule has 2 rings (SSSR count). The maximum Gasteiger partial charge on any atom is 0.123 e. The fourth-order valence-electron chi connectivity index (χ4n) is 1.63. The zero-order chi connectivity index (χ0) is 13.1. The Morgan fingerprint density at radius 3 is 2.72 bits per heavy atom. The van der Waals surface area contributed by atoms with Crippen LogP contribution in [0.5, 0.6) is 0 Å². The normalized spacial score (nSPS) is 12.7. The van der Waals surface area contributed by atoms with Crippen molar-refractivity contribution in [2.75, 3.05) is 0 Å². The van der Waals surface area contributed by atoms with Crippen molar-refractivity contribution in [3.05, 3.63) is 54.8 Å². The lowest BCUT2D eigenvalue weighted by Crippen LogP contribution is -2.17. The van der Waals surface area contributed by atoms with Gasteiger partial charge in [0, 0.05) is 21.9 Å². The van der Waals surface area contributed by atoms with Gasteiger partial charge in [0.05, 0.1) is 3.79 Å². The van der Waals surface area contributed by atoms with Crippen molar-refractivity contribution in [2.45, 2.75) is 19.5 Å². The smallest absolute Gasteiger partial charge is 0.123 e. The maximum absolute atomic E-state index is 13.1. The highest BCUT2D eigenvalue weighted by atomic mass is 79.9. The minimum atomic E-state index is -0.192. The number of halogens is 3. The van der Waals surface area contributed by atoms with Crippen LogP contribution in [0, 0.1) is 5.82 Å². The van der Waals surface area contributed by atoms with Crippen LogP contribution in [-0.4, -0.2) is 0 Å². The molecule has 18 heavy (non-hydrogen) atoms. The summed E-state index contributed by atoms with van der Waals surface area (Å²) in [5, 5.41) is 3.39. The van der Waals surface area contributed by atoms with E-state index in [4.69, 9.17) is 0 Å². The van der Waals surface area contributed by atoms with Gasteiger partial charge in [-0.15, -0.1) is 11.3 Å². The van der Waals surface area contributed by atoms with Crippen molar-refractivity contribution in [3.8, 4) is 0 Å². The highest BCUT2D eigenvalue weighted by molar-refractivity contribution is 9.13. The van der Waals surface area contributed by atoms with Gasteiger partial charge in [0.25, 0.3) is 0 Å². The first-order chi connectivity index (χ1) is 8.56. The lowest BCUT2D eigenvalue weighted by molar-refractivity contribution is 0.568. The maximum atomic E-state index is 13.1.